The van der Waals surface area contributed by atoms with Gasteiger partial charge < -0.3 is 19.2 Å². The van der Waals surface area contributed by atoms with Crippen molar-refractivity contribution >= 4 is 23.4 Å². The Hall–Kier alpha value is -4.14. The smallest absolute Gasteiger partial charge is 0.434 e. The lowest BCUT2D eigenvalue weighted by molar-refractivity contribution is 0.0986. The standard InChI is InChI=1S/C22H21N5O4/c1-3-27-20(18(13-23-27)31-22(29)30-4-2)21(28)24-16-10-11-26-14-17(25-19(26)12-16)15-8-6-5-7-9-15/h5-14H,3-4H2,1-2H3,(H,24,28). The first-order chi connectivity index (χ1) is 15.1. The maximum absolute atomic E-state index is 12.9. The molecule has 31 heavy (non-hydrogen) atoms. The maximum atomic E-state index is 12.9. The monoisotopic (exact) mass is 419 g/mol. The quantitative estimate of drug-likeness (QED) is 0.474. The van der Waals surface area contributed by atoms with Gasteiger partial charge in [-0.05, 0) is 19.9 Å². The molecule has 3 aromatic heterocycles. The van der Waals surface area contributed by atoms with E-state index in [9.17, 15) is 9.59 Å². The largest absolute Gasteiger partial charge is 0.513 e. The molecule has 4 aromatic rings. The van der Waals surface area contributed by atoms with Gasteiger partial charge in [0.15, 0.2) is 11.4 Å². The van der Waals surface area contributed by atoms with Crippen molar-refractivity contribution in [3.05, 3.63) is 66.7 Å². The summed E-state index contributed by atoms with van der Waals surface area (Å²) in [6.45, 7) is 4.09. The van der Waals surface area contributed by atoms with Crippen LogP contribution in [0.5, 0.6) is 5.75 Å². The highest BCUT2D eigenvalue weighted by molar-refractivity contribution is 6.05. The van der Waals surface area contributed by atoms with E-state index in [0.717, 1.165) is 11.3 Å². The Morgan fingerprint density at radius 3 is 2.68 bits per heavy atom. The molecule has 9 heteroatoms. The number of ether oxygens (including phenoxy) is 2. The minimum Gasteiger partial charge on any atom is -0.434 e. The summed E-state index contributed by atoms with van der Waals surface area (Å²) >= 11 is 0. The van der Waals surface area contributed by atoms with Gasteiger partial charge in [0.25, 0.3) is 5.91 Å². The van der Waals surface area contributed by atoms with Crippen molar-refractivity contribution in [1.29, 1.82) is 0 Å². The van der Waals surface area contributed by atoms with Gasteiger partial charge in [-0.15, -0.1) is 0 Å². The molecule has 1 amide bonds. The average molecular weight is 419 g/mol. The van der Waals surface area contributed by atoms with Crippen LogP contribution in [0.3, 0.4) is 0 Å². The van der Waals surface area contributed by atoms with E-state index in [1.807, 2.05) is 54.0 Å². The summed E-state index contributed by atoms with van der Waals surface area (Å²) in [5, 5.41) is 6.92. The van der Waals surface area contributed by atoms with Crippen LogP contribution in [0, 0.1) is 0 Å². The summed E-state index contributed by atoms with van der Waals surface area (Å²) in [5.74, 6) is -0.427. The number of nitrogens with one attached hydrogen (secondary N) is 1. The first kappa shape index (κ1) is 20.1. The minimum atomic E-state index is -0.889. The molecule has 3 heterocycles. The highest BCUT2D eigenvalue weighted by Crippen LogP contribution is 2.23. The lowest BCUT2D eigenvalue weighted by Gasteiger charge is -2.09. The third-order valence-corrected chi connectivity index (χ3v) is 4.56. The van der Waals surface area contributed by atoms with Crippen LogP contribution in [0.4, 0.5) is 10.5 Å². The number of hydrogen-bond acceptors (Lipinski definition) is 6. The average Bonchev–Trinajstić information content (AvgIpc) is 3.38. The number of amides is 1. The van der Waals surface area contributed by atoms with E-state index < -0.39 is 12.1 Å². The van der Waals surface area contributed by atoms with Gasteiger partial charge in [-0.2, -0.15) is 5.10 Å². The van der Waals surface area contributed by atoms with Crippen molar-refractivity contribution in [3.63, 3.8) is 0 Å². The van der Waals surface area contributed by atoms with Crippen LogP contribution in [-0.4, -0.2) is 37.8 Å². The maximum Gasteiger partial charge on any atom is 0.513 e. The molecule has 0 atom stereocenters. The van der Waals surface area contributed by atoms with Gasteiger partial charge in [-0.3, -0.25) is 9.48 Å². The second kappa shape index (κ2) is 8.70. The zero-order valence-electron chi connectivity index (χ0n) is 17.1. The molecule has 0 unspecified atom stereocenters. The minimum absolute atomic E-state index is 0.0334. The molecule has 1 aromatic carbocycles. The van der Waals surface area contributed by atoms with Gasteiger partial charge in [0.2, 0.25) is 0 Å². The van der Waals surface area contributed by atoms with Crippen molar-refractivity contribution in [2.75, 3.05) is 11.9 Å². The summed E-state index contributed by atoms with van der Waals surface area (Å²) in [5.41, 5.74) is 3.20. The fourth-order valence-electron chi connectivity index (χ4n) is 3.15. The van der Waals surface area contributed by atoms with Gasteiger partial charge in [0, 0.05) is 36.3 Å². The van der Waals surface area contributed by atoms with Gasteiger partial charge in [-0.25, -0.2) is 9.78 Å². The Bertz CT molecular complexity index is 1230. The van der Waals surface area contributed by atoms with Gasteiger partial charge in [0.1, 0.15) is 5.65 Å². The van der Waals surface area contributed by atoms with E-state index in [1.54, 1.807) is 19.1 Å². The predicted molar refractivity (Wildman–Crippen MR) is 114 cm³/mol. The van der Waals surface area contributed by atoms with Crippen LogP contribution in [0.25, 0.3) is 16.9 Å². The molecular formula is C22H21N5O4. The fourth-order valence-corrected chi connectivity index (χ4v) is 3.15. The molecule has 0 bridgehead atoms. The topological polar surface area (TPSA) is 99.8 Å². The van der Waals surface area contributed by atoms with E-state index in [4.69, 9.17) is 9.47 Å². The van der Waals surface area contributed by atoms with E-state index in [0.29, 0.717) is 17.9 Å². The number of rotatable bonds is 6. The summed E-state index contributed by atoms with van der Waals surface area (Å²) < 4.78 is 13.2. The van der Waals surface area contributed by atoms with Crippen LogP contribution in [0.15, 0.2) is 61.1 Å². The lowest BCUT2D eigenvalue weighted by atomic mass is 10.2. The molecule has 1 N–H and O–H groups in total. The number of fused-ring (bicyclic) bond motifs is 1. The highest BCUT2D eigenvalue weighted by atomic mass is 16.7. The normalized spacial score (nSPS) is 10.8. The van der Waals surface area contributed by atoms with Crippen molar-refractivity contribution in [2.24, 2.45) is 0 Å². The van der Waals surface area contributed by atoms with E-state index in [-0.39, 0.29) is 18.1 Å². The first-order valence-corrected chi connectivity index (χ1v) is 9.85. The third kappa shape index (κ3) is 4.25. The molecule has 0 spiro atoms. The number of nitrogens with zero attached hydrogens (tertiary/aromatic N) is 4. The van der Waals surface area contributed by atoms with Crippen LogP contribution in [0.1, 0.15) is 24.3 Å². The summed E-state index contributed by atoms with van der Waals surface area (Å²) in [6, 6.07) is 13.4. The van der Waals surface area contributed by atoms with Crippen LogP contribution < -0.4 is 10.1 Å². The molecule has 0 radical (unpaired) electrons. The molecule has 9 nitrogen and oxygen atoms in total. The van der Waals surface area contributed by atoms with Gasteiger partial charge in [-0.1, -0.05) is 30.3 Å². The van der Waals surface area contributed by atoms with E-state index >= 15 is 0 Å². The molecule has 0 aliphatic heterocycles. The summed E-state index contributed by atoms with van der Waals surface area (Å²) in [4.78, 5) is 29.3. The van der Waals surface area contributed by atoms with E-state index in [2.05, 4.69) is 15.4 Å². The van der Waals surface area contributed by atoms with Crippen LogP contribution in [0.2, 0.25) is 0 Å². The zero-order chi connectivity index (χ0) is 21.8. The van der Waals surface area contributed by atoms with Crippen LogP contribution in [-0.2, 0) is 11.3 Å². The Kier molecular flexibility index (Phi) is 5.65. The van der Waals surface area contributed by atoms with Crippen molar-refractivity contribution in [3.8, 4) is 17.0 Å². The third-order valence-electron chi connectivity index (χ3n) is 4.56. The van der Waals surface area contributed by atoms with E-state index in [1.165, 1.54) is 10.9 Å². The van der Waals surface area contributed by atoms with Gasteiger partial charge >= 0.3 is 6.16 Å². The first-order valence-electron chi connectivity index (χ1n) is 9.85. The number of aromatic nitrogens is 4. The number of hydrogen-bond donors (Lipinski definition) is 1. The summed E-state index contributed by atoms with van der Waals surface area (Å²) in [7, 11) is 0. The Morgan fingerprint density at radius 1 is 1.13 bits per heavy atom. The Morgan fingerprint density at radius 2 is 1.94 bits per heavy atom. The number of imidazole rings is 1. The molecule has 158 valence electrons. The summed E-state index contributed by atoms with van der Waals surface area (Å²) in [6.07, 6.45) is 4.17. The number of anilines is 1. The second-order valence-corrected chi connectivity index (χ2v) is 6.59. The van der Waals surface area contributed by atoms with Crippen molar-refractivity contribution < 1.29 is 19.1 Å². The van der Waals surface area contributed by atoms with Crippen molar-refractivity contribution in [1.82, 2.24) is 19.2 Å². The fraction of sp³-hybridized carbons (Fsp3) is 0.182. The molecule has 4 rings (SSSR count). The zero-order valence-corrected chi connectivity index (χ0v) is 17.1. The number of aryl methyl sites for hydroxylation is 1. The SMILES string of the molecule is CCOC(=O)Oc1cnn(CC)c1C(=O)Nc1ccn2cc(-c3ccccc3)nc2c1. The molecule has 0 aliphatic rings. The predicted octanol–water partition coefficient (Wildman–Crippen LogP) is 4.01. The number of carbonyl (C=O) groups is 2. The highest BCUT2D eigenvalue weighted by Gasteiger charge is 2.22. The molecule has 0 aliphatic carbocycles. The number of pyridine rings is 1. The molecule has 0 saturated heterocycles. The molecule has 0 fully saturated rings. The molecular weight excluding hydrogens is 398 g/mol. The molecule has 0 saturated carbocycles. The Labute approximate surface area is 178 Å². The number of benzene rings is 1. The van der Waals surface area contributed by atoms with Gasteiger partial charge in [0.05, 0.1) is 18.5 Å². The van der Waals surface area contributed by atoms with Crippen molar-refractivity contribution in [2.45, 2.75) is 20.4 Å². The van der Waals surface area contributed by atoms with Crippen LogP contribution >= 0.6 is 0 Å². The number of carbonyl (C=O) groups excluding carboxylic acids is 2. The Balaban J connectivity index is 1.58. The lowest BCUT2D eigenvalue weighted by Crippen LogP contribution is -2.20. The second-order valence-electron chi connectivity index (χ2n) is 6.59.